The van der Waals surface area contributed by atoms with Gasteiger partial charge < -0.3 is 4.79 Å². The molecule has 0 amide bonds. The van der Waals surface area contributed by atoms with Crippen molar-refractivity contribution in [3.8, 4) is 0 Å². The molecule has 1 fully saturated rings. The molecule has 1 aromatic rings. The smallest absolute Gasteiger partial charge is 0.126 e. The average molecular weight is 222 g/mol. The topological polar surface area (TPSA) is 17.1 Å². The lowest BCUT2D eigenvalue weighted by molar-refractivity contribution is -0.118. The van der Waals surface area contributed by atoms with E-state index in [1.165, 1.54) is 24.7 Å². The van der Waals surface area contributed by atoms with Crippen LogP contribution in [0.3, 0.4) is 0 Å². The number of carbonyl (C=O) groups is 1. The van der Waals surface area contributed by atoms with Gasteiger partial charge in [0, 0.05) is 5.41 Å². The summed E-state index contributed by atoms with van der Waals surface area (Å²) in [6, 6.07) is 2.15. The Bertz CT molecular complexity index is 307. The fourth-order valence-corrected chi connectivity index (χ4v) is 3.14. The lowest BCUT2D eigenvalue weighted by Gasteiger charge is -2.34. The van der Waals surface area contributed by atoms with E-state index in [2.05, 4.69) is 23.8 Å². The Balaban J connectivity index is 2.06. The molecule has 1 aliphatic carbocycles. The van der Waals surface area contributed by atoms with Crippen LogP contribution in [0, 0.1) is 11.3 Å². The van der Waals surface area contributed by atoms with Crippen LogP contribution in [-0.2, 0) is 11.2 Å². The van der Waals surface area contributed by atoms with Crippen LogP contribution >= 0.6 is 11.3 Å². The molecule has 1 aromatic heterocycles. The molecule has 0 spiro atoms. The molecule has 0 N–H and O–H groups in total. The summed E-state index contributed by atoms with van der Waals surface area (Å²) in [5.74, 6) is 0.806. The van der Waals surface area contributed by atoms with Gasteiger partial charge in [-0.2, -0.15) is 11.3 Å². The highest BCUT2D eigenvalue weighted by atomic mass is 32.1. The van der Waals surface area contributed by atoms with Crippen LogP contribution in [0.1, 0.15) is 38.2 Å². The molecule has 0 aliphatic heterocycles. The van der Waals surface area contributed by atoms with Crippen molar-refractivity contribution in [2.75, 3.05) is 0 Å². The van der Waals surface area contributed by atoms with Gasteiger partial charge in [-0.15, -0.1) is 0 Å². The van der Waals surface area contributed by atoms with Crippen molar-refractivity contribution in [2.24, 2.45) is 11.3 Å². The Labute approximate surface area is 95.5 Å². The molecule has 0 unspecified atom stereocenters. The molecule has 15 heavy (non-hydrogen) atoms. The first kappa shape index (κ1) is 10.9. The highest BCUT2D eigenvalue weighted by Crippen LogP contribution is 2.40. The minimum absolute atomic E-state index is 0.0480. The van der Waals surface area contributed by atoms with Crippen molar-refractivity contribution < 1.29 is 4.79 Å². The van der Waals surface area contributed by atoms with Gasteiger partial charge in [-0.1, -0.05) is 6.92 Å². The third-order valence-electron chi connectivity index (χ3n) is 3.66. The Kier molecular flexibility index (Phi) is 3.25. The van der Waals surface area contributed by atoms with Crippen molar-refractivity contribution in [3.63, 3.8) is 0 Å². The molecule has 1 heterocycles. The summed E-state index contributed by atoms with van der Waals surface area (Å²) in [5, 5.41) is 4.27. The zero-order valence-electron chi connectivity index (χ0n) is 9.24. The highest BCUT2D eigenvalue weighted by Gasteiger charge is 2.33. The van der Waals surface area contributed by atoms with E-state index in [0.717, 1.165) is 25.2 Å². The quantitative estimate of drug-likeness (QED) is 0.713. The molecule has 82 valence electrons. The van der Waals surface area contributed by atoms with Gasteiger partial charge in [-0.05, 0) is 60.4 Å². The van der Waals surface area contributed by atoms with Crippen LogP contribution < -0.4 is 0 Å². The summed E-state index contributed by atoms with van der Waals surface area (Å²) in [6.07, 6.45) is 6.75. The molecular formula is C13H18OS. The monoisotopic (exact) mass is 222 g/mol. The highest BCUT2D eigenvalue weighted by molar-refractivity contribution is 7.07. The largest absolute Gasteiger partial charge is 0.303 e. The molecule has 1 aliphatic rings. The second kappa shape index (κ2) is 4.48. The Morgan fingerprint density at radius 3 is 2.80 bits per heavy atom. The van der Waals surface area contributed by atoms with Gasteiger partial charge in [-0.25, -0.2) is 0 Å². The zero-order valence-corrected chi connectivity index (χ0v) is 10.1. The van der Waals surface area contributed by atoms with Crippen LogP contribution in [0.25, 0.3) is 0 Å². The molecule has 0 radical (unpaired) electrons. The summed E-state index contributed by atoms with van der Waals surface area (Å²) >= 11 is 1.72. The maximum Gasteiger partial charge on any atom is 0.126 e. The minimum atomic E-state index is -0.0480. The van der Waals surface area contributed by atoms with Gasteiger partial charge in [0.1, 0.15) is 6.29 Å². The lowest BCUT2D eigenvalue weighted by atomic mass is 9.69. The summed E-state index contributed by atoms with van der Waals surface area (Å²) < 4.78 is 0. The third-order valence-corrected chi connectivity index (χ3v) is 4.39. The summed E-state index contributed by atoms with van der Waals surface area (Å²) in [4.78, 5) is 11.3. The number of carbonyl (C=O) groups excluding carboxylic acids is 1. The minimum Gasteiger partial charge on any atom is -0.303 e. The molecule has 0 saturated heterocycles. The Hall–Kier alpha value is -0.630. The maximum absolute atomic E-state index is 11.3. The van der Waals surface area contributed by atoms with Crippen molar-refractivity contribution >= 4 is 17.6 Å². The van der Waals surface area contributed by atoms with Crippen molar-refractivity contribution in [1.29, 1.82) is 0 Å². The zero-order chi connectivity index (χ0) is 10.7. The predicted octanol–water partition coefficient (Wildman–Crippen LogP) is 3.69. The van der Waals surface area contributed by atoms with E-state index >= 15 is 0 Å². The van der Waals surface area contributed by atoms with E-state index in [9.17, 15) is 4.79 Å². The molecule has 2 heteroatoms. The third kappa shape index (κ3) is 2.49. The Morgan fingerprint density at radius 2 is 2.27 bits per heavy atom. The van der Waals surface area contributed by atoms with Gasteiger partial charge in [0.15, 0.2) is 0 Å². The van der Waals surface area contributed by atoms with E-state index in [1.54, 1.807) is 11.3 Å². The first-order chi connectivity index (χ1) is 7.24. The molecule has 0 bridgehead atoms. The number of aldehydes is 1. The lowest BCUT2D eigenvalue weighted by Crippen LogP contribution is -2.30. The molecule has 1 saturated carbocycles. The first-order valence-corrected chi connectivity index (χ1v) is 6.66. The number of thiophene rings is 1. The number of rotatable bonds is 3. The average Bonchev–Trinajstić information content (AvgIpc) is 2.75. The number of hydrogen-bond donors (Lipinski definition) is 0. The second-order valence-corrected chi connectivity index (χ2v) is 5.75. The molecule has 0 aromatic carbocycles. The fraction of sp³-hybridized carbons (Fsp3) is 0.615. The van der Waals surface area contributed by atoms with Gasteiger partial charge in [-0.3, -0.25) is 0 Å². The summed E-state index contributed by atoms with van der Waals surface area (Å²) in [6.45, 7) is 2.29. The molecular weight excluding hydrogens is 204 g/mol. The normalized spacial score (nSPS) is 31.4. The Morgan fingerprint density at radius 1 is 1.53 bits per heavy atom. The molecule has 1 nitrogen and oxygen atoms in total. The standard InChI is InChI=1S/C13H18OS/c1-11-2-5-13(10-14,6-3-11)8-12-4-7-15-9-12/h4,7,9-11H,2-3,5-6,8H2,1H3. The van der Waals surface area contributed by atoms with Gasteiger partial charge in [0.05, 0.1) is 0 Å². The van der Waals surface area contributed by atoms with Crippen LogP contribution in [-0.4, -0.2) is 6.29 Å². The van der Waals surface area contributed by atoms with E-state index < -0.39 is 0 Å². The summed E-state index contributed by atoms with van der Waals surface area (Å²) in [5.41, 5.74) is 1.29. The first-order valence-electron chi connectivity index (χ1n) is 5.71. The predicted molar refractivity (Wildman–Crippen MR) is 64.2 cm³/mol. The van der Waals surface area contributed by atoms with Gasteiger partial charge in [0.25, 0.3) is 0 Å². The van der Waals surface area contributed by atoms with Crippen LogP contribution in [0.4, 0.5) is 0 Å². The van der Waals surface area contributed by atoms with E-state index in [-0.39, 0.29) is 5.41 Å². The maximum atomic E-state index is 11.3. The van der Waals surface area contributed by atoms with E-state index in [0.29, 0.717) is 0 Å². The van der Waals surface area contributed by atoms with Crippen molar-refractivity contribution in [3.05, 3.63) is 22.4 Å². The molecule has 2 rings (SSSR count). The second-order valence-electron chi connectivity index (χ2n) is 4.97. The van der Waals surface area contributed by atoms with Gasteiger partial charge >= 0.3 is 0 Å². The van der Waals surface area contributed by atoms with E-state index in [1.807, 2.05) is 0 Å². The van der Waals surface area contributed by atoms with Crippen LogP contribution in [0.5, 0.6) is 0 Å². The van der Waals surface area contributed by atoms with Crippen LogP contribution in [0.15, 0.2) is 16.8 Å². The number of hydrogen-bond acceptors (Lipinski definition) is 2. The van der Waals surface area contributed by atoms with Crippen molar-refractivity contribution in [1.82, 2.24) is 0 Å². The van der Waals surface area contributed by atoms with Crippen molar-refractivity contribution in [2.45, 2.75) is 39.0 Å². The molecule has 0 atom stereocenters. The van der Waals surface area contributed by atoms with Gasteiger partial charge in [0.2, 0.25) is 0 Å². The summed E-state index contributed by atoms with van der Waals surface area (Å²) in [7, 11) is 0. The fourth-order valence-electron chi connectivity index (χ4n) is 2.47. The van der Waals surface area contributed by atoms with Crippen LogP contribution in [0.2, 0.25) is 0 Å². The van der Waals surface area contributed by atoms with E-state index in [4.69, 9.17) is 0 Å². The SMILES string of the molecule is CC1CCC(C=O)(Cc2ccsc2)CC1.